The molecule has 6 heteroatoms. The number of alkyl halides is 3. The van der Waals surface area contributed by atoms with E-state index in [1.807, 2.05) is 42.6 Å². The normalized spacial score (nSPS) is 13.4. The highest BCUT2D eigenvalue weighted by Gasteiger charge is 2.30. The van der Waals surface area contributed by atoms with Crippen molar-refractivity contribution < 1.29 is 18.0 Å². The Bertz CT molecular complexity index is 1480. The van der Waals surface area contributed by atoms with Gasteiger partial charge in [-0.05, 0) is 75.3 Å². The number of nitrogens with one attached hydrogen (secondary N) is 1. The Balaban J connectivity index is 1.63. The molecule has 1 N–H and O–H groups in total. The van der Waals surface area contributed by atoms with Gasteiger partial charge < -0.3 is 5.32 Å². The van der Waals surface area contributed by atoms with Crippen LogP contribution in [0.15, 0.2) is 84.8 Å². The van der Waals surface area contributed by atoms with Gasteiger partial charge in [0.1, 0.15) is 0 Å². The fraction of sp³-hybridized carbons (Fsp3) is 0.107. The molecule has 0 aliphatic heterocycles. The molecule has 4 rings (SSSR count). The largest absolute Gasteiger partial charge is 0.416 e. The Kier molecular flexibility index (Phi) is 6.44. The van der Waals surface area contributed by atoms with Crippen LogP contribution in [0.2, 0.25) is 0 Å². The summed E-state index contributed by atoms with van der Waals surface area (Å²) >= 11 is 1.55. The van der Waals surface area contributed by atoms with E-state index in [0.717, 1.165) is 43.8 Å². The van der Waals surface area contributed by atoms with Gasteiger partial charge in [0, 0.05) is 10.1 Å². The number of fused-ring (bicyclic) bond motifs is 1. The third kappa shape index (κ3) is 4.68. The molecular weight excluding hydrogens is 455 g/mol. The van der Waals surface area contributed by atoms with Gasteiger partial charge in [0.15, 0.2) is 0 Å². The highest BCUT2D eigenvalue weighted by atomic mass is 32.1. The van der Waals surface area contributed by atoms with Gasteiger partial charge in [-0.3, -0.25) is 4.79 Å². The molecule has 0 radical (unpaired) electrons. The van der Waals surface area contributed by atoms with E-state index in [0.29, 0.717) is 11.1 Å². The molecule has 1 aromatic heterocycles. The van der Waals surface area contributed by atoms with Gasteiger partial charge in [-0.1, -0.05) is 55.6 Å². The molecule has 4 aromatic rings. The molecule has 1 unspecified atom stereocenters. The SMILES string of the molecule is C=C/C(=c1/sccc1=C)C(C)NC(=O)c1ccc2c(-c3ccc(C(F)(F)F)cc3)cccc2c1. The number of rotatable bonds is 5. The van der Waals surface area contributed by atoms with Crippen LogP contribution in [-0.2, 0) is 6.18 Å². The lowest BCUT2D eigenvalue weighted by Crippen LogP contribution is -2.36. The van der Waals surface area contributed by atoms with Crippen molar-refractivity contribution in [1.82, 2.24) is 5.32 Å². The van der Waals surface area contributed by atoms with Crippen molar-refractivity contribution >= 4 is 40.2 Å². The Hall–Kier alpha value is -3.64. The van der Waals surface area contributed by atoms with E-state index in [-0.39, 0.29) is 11.9 Å². The van der Waals surface area contributed by atoms with E-state index < -0.39 is 11.7 Å². The summed E-state index contributed by atoms with van der Waals surface area (Å²) in [6.45, 7) is 9.81. The standard InChI is InChI=1S/C28H22F3NOS/c1-4-23(26-17(2)14-15-34-26)18(3)32-27(33)21-10-13-25-20(16-21)6-5-7-24(25)19-8-11-22(12-9-19)28(29,30)31/h4-16,18H,1-2H2,3H3,(H,32,33)/b26-23-. The van der Waals surface area contributed by atoms with E-state index in [1.165, 1.54) is 12.1 Å². The minimum Gasteiger partial charge on any atom is -0.345 e. The van der Waals surface area contributed by atoms with Gasteiger partial charge in [0.2, 0.25) is 0 Å². The van der Waals surface area contributed by atoms with Crippen LogP contribution in [0.25, 0.3) is 34.1 Å². The third-order valence-corrected chi connectivity index (χ3v) is 6.71. The van der Waals surface area contributed by atoms with E-state index in [2.05, 4.69) is 18.5 Å². The topological polar surface area (TPSA) is 29.1 Å². The zero-order valence-electron chi connectivity index (χ0n) is 18.4. The highest BCUT2D eigenvalue weighted by Crippen LogP contribution is 2.33. The molecule has 0 spiro atoms. The zero-order chi connectivity index (χ0) is 24.5. The monoisotopic (exact) mass is 477 g/mol. The number of halogens is 3. The summed E-state index contributed by atoms with van der Waals surface area (Å²) in [4.78, 5) is 13.0. The molecule has 1 heterocycles. The predicted octanol–water partition coefficient (Wildman–Crippen LogP) is 6.15. The quantitative estimate of drug-likeness (QED) is 0.367. The second kappa shape index (κ2) is 9.31. The van der Waals surface area contributed by atoms with Gasteiger partial charge in [-0.2, -0.15) is 13.2 Å². The van der Waals surface area contributed by atoms with Crippen molar-refractivity contribution in [1.29, 1.82) is 0 Å². The average Bonchev–Trinajstić information content (AvgIpc) is 3.23. The van der Waals surface area contributed by atoms with Gasteiger partial charge >= 0.3 is 6.18 Å². The maximum Gasteiger partial charge on any atom is 0.416 e. The Labute approximate surface area is 199 Å². The Morgan fingerprint density at radius 2 is 1.79 bits per heavy atom. The fourth-order valence-electron chi connectivity index (χ4n) is 3.93. The number of thiophene rings is 1. The van der Waals surface area contributed by atoms with E-state index in [9.17, 15) is 18.0 Å². The number of carbonyl (C=O) groups excluding carboxylic acids is 1. The predicted molar refractivity (Wildman–Crippen MR) is 134 cm³/mol. The second-order valence-corrected chi connectivity index (χ2v) is 8.86. The Morgan fingerprint density at radius 1 is 1.06 bits per heavy atom. The maximum absolute atomic E-state index is 13.0. The number of hydrogen-bond acceptors (Lipinski definition) is 2. The minimum atomic E-state index is -4.38. The molecule has 0 saturated heterocycles. The van der Waals surface area contributed by atoms with Crippen molar-refractivity contribution in [2.24, 2.45) is 0 Å². The summed E-state index contributed by atoms with van der Waals surface area (Å²) in [5.74, 6) is -0.226. The number of amides is 1. The average molecular weight is 478 g/mol. The first-order chi connectivity index (χ1) is 16.2. The van der Waals surface area contributed by atoms with Crippen LogP contribution < -0.4 is 15.1 Å². The van der Waals surface area contributed by atoms with Crippen molar-refractivity contribution in [2.75, 3.05) is 0 Å². The van der Waals surface area contributed by atoms with Crippen molar-refractivity contribution in [2.45, 2.75) is 19.1 Å². The van der Waals surface area contributed by atoms with Gasteiger partial charge in [0.25, 0.3) is 5.91 Å². The zero-order valence-corrected chi connectivity index (χ0v) is 19.3. The molecule has 0 aliphatic carbocycles. The molecule has 2 nitrogen and oxygen atoms in total. The lowest BCUT2D eigenvalue weighted by molar-refractivity contribution is -0.137. The molecule has 1 amide bonds. The molecule has 0 bridgehead atoms. The second-order valence-electron chi connectivity index (χ2n) is 7.95. The van der Waals surface area contributed by atoms with Crippen LogP contribution in [0, 0.1) is 0 Å². The van der Waals surface area contributed by atoms with E-state index in [1.54, 1.807) is 29.5 Å². The van der Waals surface area contributed by atoms with Crippen molar-refractivity contribution in [3.05, 3.63) is 106 Å². The molecule has 0 saturated carbocycles. The lowest BCUT2D eigenvalue weighted by Gasteiger charge is -2.16. The summed E-state index contributed by atoms with van der Waals surface area (Å²) < 4.78 is 39.7. The van der Waals surface area contributed by atoms with Crippen molar-refractivity contribution in [3.8, 4) is 11.1 Å². The minimum absolute atomic E-state index is 0.226. The molecule has 34 heavy (non-hydrogen) atoms. The van der Waals surface area contributed by atoms with E-state index in [4.69, 9.17) is 0 Å². The number of hydrogen-bond donors (Lipinski definition) is 1. The molecular formula is C28H22F3NOS. The van der Waals surface area contributed by atoms with Crippen LogP contribution in [0.5, 0.6) is 0 Å². The molecule has 0 fully saturated rings. The molecule has 1 atom stereocenters. The summed E-state index contributed by atoms with van der Waals surface area (Å²) in [5.41, 5.74) is 2.19. The fourth-order valence-corrected chi connectivity index (χ4v) is 4.91. The highest BCUT2D eigenvalue weighted by molar-refractivity contribution is 7.07. The van der Waals surface area contributed by atoms with Gasteiger partial charge in [-0.15, -0.1) is 11.3 Å². The van der Waals surface area contributed by atoms with Crippen molar-refractivity contribution in [3.63, 3.8) is 0 Å². The van der Waals surface area contributed by atoms with Crippen LogP contribution in [0.1, 0.15) is 22.8 Å². The van der Waals surface area contributed by atoms with Crippen LogP contribution in [-0.4, -0.2) is 11.9 Å². The Morgan fingerprint density at radius 3 is 2.41 bits per heavy atom. The lowest BCUT2D eigenvalue weighted by atomic mass is 9.96. The first-order valence-corrected chi connectivity index (χ1v) is 11.5. The first-order valence-electron chi connectivity index (χ1n) is 10.6. The van der Waals surface area contributed by atoms with Gasteiger partial charge in [0.05, 0.1) is 11.6 Å². The number of carbonyl (C=O) groups is 1. The third-order valence-electron chi connectivity index (χ3n) is 5.71. The van der Waals surface area contributed by atoms with E-state index >= 15 is 0 Å². The molecule has 0 aliphatic rings. The maximum atomic E-state index is 13.0. The molecule has 172 valence electrons. The summed E-state index contributed by atoms with van der Waals surface area (Å²) in [6, 6.07) is 17.7. The summed E-state index contributed by atoms with van der Waals surface area (Å²) in [7, 11) is 0. The van der Waals surface area contributed by atoms with Crippen LogP contribution in [0.3, 0.4) is 0 Å². The smallest absolute Gasteiger partial charge is 0.345 e. The van der Waals surface area contributed by atoms with Crippen LogP contribution in [0.4, 0.5) is 13.2 Å². The summed E-state index contributed by atoms with van der Waals surface area (Å²) in [5, 5.41) is 7.54. The molecule has 3 aromatic carbocycles. The van der Waals surface area contributed by atoms with Gasteiger partial charge in [-0.25, -0.2) is 0 Å². The summed E-state index contributed by atoms with van der Waals surface area (Å²) in [6.07, 6.45) is -2.64. The van der Waals surface area contributed by atoms with Crippen LogP contribution >= 0.6 is 11.3 Å². The number of benzene rings is 3. The first kappa shape index (κ1) is 23.5.